The van der Waals surface area contributed by atoms with Crippen LogP contribution < -0.4 is 4.74 Å². The average Bonchev–Trinajstić information content (AvgIpc) is 3.30. The van der Waals surface area contributed by atoms with Crippen LogP contribution in [0.4, 0.5) is 0 Å². The van der Waals surface area contributed by atoms with Gasteiger partial charge in [-0.1, -0.05) is 67.6 Å². The summed E-state index contributed by atoms with van der Waals surface area (Å²) in [5.41, 5.74) is 4.79. The fourth-order valence-corrected chi connectivity index (χ4v) is 5.32. The summed E-state index contributed by atoms with van der Waals surface area (Å²) in [4.78, 5) is 18.0. The van der Waals surface area contributed by atoms with Gasteiger partial charge < -0.3 is 19.1 Å². The van der Waals surface area contributed by atoms with Crippen LogP contribution >= 0.6 is 0 Å². The van der Waals surface area contributed by atoms with Crippen LogP contribution in [0.25, 0.3) is 10.9 Å². The molecule has 36 heavy (non-hydrogen) atoms. The molecule has 0 spiro atoms. The number of methoxy groups -OCH3 is 1. The number of carbonyl (C=O) groups excluding carboxylic acids is 1. The van der Waals surface area contributed by atoms with Crippen molar-refractivity contribution in [3.8, 4) is 5.75 Å². The minimum Gasteiger partial charge on any atom is -0.497 e. The van der Waals surface area contributed by atoms with Crippen LogP contribution in [0.2, 0.25) is 0 Å². The molecule has 5 heteroatoms. The third kappa shape index (κ3) is 5.17. The van der Waals surface area contributed by atoms with Gasteiger partial charge in [-0.25, -0.2) is 0 Å². The number of carbonyl (C=O) groups is 1. The normalized spacial score (nSPS) is 15.2. The van der Waals surface area contributed by atoms with Crippen LogP contribution in [0.5, 0.6) is 5.75 Å². The van der Waals surface area contributed by atoms with Gasteiger partial charge >= 0.3 is 0 Å². The first-order valence-electron chi connectivity index (χ1n) is 12.9. The zero-order valence-corrected chi connectivity index (χ0v) is 21.3. The van der Waals surface area contributed by atoms with Gasteiger partial charge in [0.25, 0.3) is 0 Å². The van der Waals surface area contributed by atoms with Gasteiger partial charge in [0, 0.05) is 62.2 Å². The van der Waals surface area contributed by atoms with Crippen LogP contribution in [0.3, 0.4) is 0 Å². The molecule has 186 valence electrons. The lowest BCUT2D eigenvalue weighted by Gasteiger charge is -2.34. The number of rotatable bonds is 8. The van der Waals surface area contributed by atoms with E-state index in [9.17, 15) is 4.79 Å². The average molecular weight is 482 g/mol. The molecule has 5 nitrogen and oxygen atoms in total. The van der Waals surface area contributed by atoms with E-state index < -0.39 is 0 Å². The van der Waals surface area contributed by atoms with Gasteiger partial charge in [-0.3, -0.25) is 4.79 Å². The largest absolute Gasteiger partial charge is 0.497 e. The molecule has 5 rings (SSSR count). The predicted molar refractivity (Wildman–Crippen MR) is 146 cm³/mol. The van der Waals surface area contributed by atoms with Gasteiger partial charge in [0.05, 0.1) is 7.11 Å². The number of aromatic nitrogens is 1. The number of likely N-dealkylation sites (N-methyl/N-ethyl adjacent to an activating group) is 1. The highest BCUT2D eigenvalue weighted by molar-refractivity contribution is 5.87. The van der Waals surface area contributed by atoms with Gasteiger partial charge in [0.15, 0.2) is 0 Å². The van der Waals surface area contributed by atoms with E-state index in [2.05, 4.69) is 83.3 Å². The first-order valence-corrected chi connectivity index (χ1v) is 12.9. The molecule has 1 fully saturated rings. The molecule has 4 aromatic rings. The van der Waals surface area contributed by atoms with Crippen molar-refractivity contribution < 1.29 is 9.53 Å². The number of fused-ring (bicyclic) bond motifs is 1. The smallest absolute Gasteiger partial charge is 0.223 e. The van der Waals surface area contributed by atoms with E-state index in [1.165, 1.54) is 22.0 Å². The van der Waals surface area contributed by atoms with E-state index in [1.54, 1.807) is 7.11 Å². The van der Waals surface area contributed by atoms with E-state index in [0.717, 1.165) is 50.6 Å². The molecule has 1 aliphatic rings. The van der Waals surface area contributed by atoms with Gasteiger partial charge in [0.1, 0.15) is 5.75 Å². The van der Waals surface area contributed by atoms with Crippen molar-refractivity contribution in [3.05, 3.63) is 102 Å². The summed E-state index contributed by atoms with van der Waals surface area (Å²) in [5, 5.41) is 1.21. The van der Waals surface area contributed by atoms with Crippen LogP contribution in [0, 0.1) is 0 Å². The number of nitrogens with zero attached hydrogens (tertiary/aromatic N) is 3. The third-order valence-electron chi connectivity index (χ3n) is 7.46. The Kier molecular flexibility index (Phi) is 7.38. The van der Waals surface area contributed by atoms with Gasteiger partial charge in [-0.05, 0) is 41.4 Å². The monoisotopic (exact) mass is 481 g/mol. The molecule has 1 aromatic heterocycles. The summed E-state index contributed by atoms with van der Waals surface area (Å²) in [5.74, 6) is 1.02. The van der Waals surface area contributed by atoms with Gasteiger partial charge in [-0.2, -0.15) is 0 Å². The second-order valence-corrected chi connectivity index (χ2v) is 9.56. The predicted octanol–water partition coefficient (Wildman–Crippen LogP) is 5.38. The Labute approximate surface area is 213 Å². The molecule has 0 bridgehead atoms. The number of piperazine rings is 1. The Morgan fingerprint density at radius 2 is 1.58 bits per heavy atom. The summed E-state index contributed by atoms with van der Waals surface area (Å²) in [7, 11) is 1.68. The Balaban J connectivity index is 1.51. The molecule has 0 saturated carbocycles. The van der Waals surface area contributed by atoms with Crippen molar-refractivity contribution in [1.82, 2.24) is 14.4 Å². The molecule has 0 aliphatic carbocycles. The number of hydrogen-bond acceptors (Lipinski definition) is 3. The topological polar surface area (TPSA) is 37.7 Å². The SMILES string of the molecule is CCN1CCN(C(=O)CC(c2ccc(OC)cc2)c2cn(Cc3ccccc3)c3ccccc23)CC1. The van der Waals surface area contributed by atoms with Crippen molar-refractivity contribution in [2.45, 2.75) is 25.8 Å². The first kappa shape index (κ1) is 24.1. The lowest BCUT2D eigenvalue weighted by Crippen LogP contribution is -2.48. The molecule has 0 radical (unpaired) electrons. The standard InChI is InChI=1S/C31H35N3O2/c1-3-32-17-19-33(20-18-32)31(35)21-28(25-13-15-26(36-2)16-14-25)29-23-34(22-24-9-5-4-6-10-24)30-12-8-7-11-27(29)30/h4-16,23,28H,3,17-22H2,1-2H3. The number of para-hydroxylation sites is 1. The van der Waals surface area contributed by atoms with E-state index in [0.29, 0.717) is 6.42 Å². The summed E-state index contributed by atoms with van der Waals surface area (Å²) >= 11 is 0. The zero-order chi connectivity index (χ0) is 24.9. The Morgan fingerprint density at radius 3 is 2.28 bits per heavy atom. The molecule has 1 atom stereocenters. The van der Waals surface area contributed by atoms with Crippen molar-refractivity contribution in [1.29, 1.82) is 0 Å². The van der Waals surface area contributed by atoms with Crippen molar-refractivity contribution in [3.63, 3.8) is 0 Å². The molecule has 1 unspecified atom stereocenters. The van der Waals surface area contributed by atoms with Crippen molar-refractivity contribution >= 4 is 16.8 Å². The third-order valence-corrected chi connectivity index (χ3v) is 7.46. The van der Waals surface area contributed by atoms with Crippen molar-refractivity contribution in [2.75, 3.05) is 39.8 Å². The maximum atomic E-state index is 13.6. The first-order chi connectivity index (χ1) is 17.7. The minimum absolute atomic E-state index is 0.0328. The number of hydrogen-bond donors (Lipinski definition) is 0. The van der Waals surface area contributed by atoms with Crippen LogP contribution in [-0.4, -0.2) is 60.1 Å². The molecule has 3 aromatic carbocycles. The second kappa shape index (κ2) is 11.0. The van der Waals surface area contributed by atoms with E-state index in [1.807, 2.05) is 23.1 Å². The maximum Gasteiger partial charge on any atom is 0.223 e. The van der Waals surface area contributed by atoms with Crippen LogP contribution in [-0.2, 0) is 11.3 Å². The van der Waals surface area contributed by atoms with Gasteiger partial charge in [0.2, 0.25) is 5.91 Å². The molecule has 1 amide bonds. The fourth-order valence-electron chi connectivity index (χ4n) is 5.32. The highest BCUT2D eigenvalue weighted by Crippen LogP contribution is 2.36. The lowest BCUT2D eigenvalue weighted by molar-refractivity contribution is -0.133. The Bertz CT molecular complexity index is 1290. The summed E-state index contributed by atoms with van der Waals surface area (Å²) < 4.78 is 7.73. The summed E-state index contributed by atoms with van der Waals surface area (Å²) in [6.07, 6.45) is 2.71. The summed E-state index contributed by atoms with van der Waals surface area (Å²) in [6.45, 7) is 7.52. The van der Waals surface area contributed by atoms with Gasteiger partial charge in [-0.15, -0.1) is 0 Å². The van der Waals surface area contributed by atoms with E-state index >= 15 is 0 Å². The summed E-state index contributed by atoms with van der Waals surface area (Å²) in [6, 6.07) is 27.3. The lowest BCUT2D eigenvalue weighted by atomic mass is 9.87. The molecular weight excluding hydrogens is 446 g/mol. The fraction of sp³-hybridized carbons (Fsp3) is 0.323. The number of benzene rings is 3. The quantitative estimate of drug-likeness (QED) is 0.339. The molecular formula is C31H35N3O2. The van der Waals surface area contributed by atoms with Crippen LogP contribution in [0.1, 0.15) is 36.0 Å². The maximum absolute atomic E-state index is 13.6. The molecule has 1 saturated heterocycles. The highest BCUT2D eigenvalue weighted by Gasteiger charge is 2.27. The molecule has 0 N–H and O–H groups in total. The van der Waals surface area contributed by atoms with Crippen molar-refractivity contribution in [2.24, 2.45) is 0 Å². The van der Waals surface area contributed by atoms with E-state index in [-0.39, 0.29) is 11.8 Å². The van der Waals surface area contributed by atoms with Crippen LogP contribution in [0.15, 0.2) is 85.1 Å². The highest BCUT2D eigenvalue weighted by atomic mass is 16.5. The molecule has 1 aliphatic heterocycles. The minimum atomic E-state index is -0.0328. The Hall–Kier alpha value is -3.57. The Morgan fingerprint density at radius 1 is 0.889 bits per heavy atom. The second-order valence-electron chi connectivity index (χ2n) is 9.56. The van der Waals surface area contributed by atoms with E-state index in [4.69, 9.17) is 4.74 Å². The zero-order valence-electron chi connectivity index (χ0n) is 21.3. The number of amides is 1. The number of ether oxygens (including phenoxy) is 1. The molecule has 2 heterocycles.